The first-order chi connectivity index (χ1) is 9.81. The number of pyridine rings is 1. The Bertz CT molecular complexity index is 516. The van der Waals surface area contributed by atoms with Crippen molar-refractivity contribution in [2.24, 2.45) is 0 Å². The number of nitrogens with zero attached hydrogens (tertiary/aromatic N) is 1. The molecular weight excluding hydrogens is 244 g/mol. The molecule has 2 rings (SSSR count). The summed E-state index contributed by atoms with van der Waals surface area (Å²) in [5.41, 5.74) is 2.42. The topological polar surface area (TPSA) is 24.9 Å². The van der Waals surface area contributed by atoms with Gasteiger partial charge in [0.05, 0.1) is 5.52 Å². The Morgan fingerprint density at radius 3 is 2.80 bits per heavy atom. The van der Waals surface area contributed by atoms with Gasteiger partial charge in [0.2, 0.25) is 0 Å². The van der Waals surface area contributed by atoms with Crippen LogP contribution in [0, 0.1) is 0 Å². The van der Waals surface area contributed by atoms with Gasteiger partial charge in [-0.15, -0.1) is 0 Å². The molecule has 1 atom stereocenters. The van der Waals surface area contributed by atoms with Gasteiger partial charge in [-0.05, 0) is 25.0 Å². The molecule has 1 aromatic carbocycles. The van der Waals surface area contributed by atoms with Crippen molar-refractivity contribution in [2.75, 3.05) is 0 Å². The first kappa shape index (κ1) is 15.0. The smallest absolute Gasteiger partial charge is 0.0746 e. The van der Waals surface area contributed by atoms with E-state index in [0.717, 1.165) is 12.1 Å². The Labute approximate surface area is 122 Å². The molecule has 0 fully saturated rings. The van der Waals surface area contributed by atoms with E-state index < -0.39 is 0 Å². The molecule has 2 heteroatoms. The zero-order valence-electron chi connectivity index (χ0n) is 12.7. The summed E-state index contributed by atoms with van der Waals surface area (Å²) in [5.74, 6) is 0. The maximum absolute atomic E-state index is 4.51. The van der Waals surface area contributed by atoms with E-state index in [1.165, 1.54) is 43.1 Å². The lowest BCUT2D eigenvalue weighted by Gasteiger charge is -2.14. The molecule has 0 aliphatic carbocycles. The summed E-state index contributed by atoms with van der Waals surface area (Å²) in [6, 6.07) is 11.1. The van der Waals surface area contributed by atoms with Crippen LogP contribution >= 0.6 is 0 Å². The summed E-state index contributed by atoms with van der Waals surface area (Å²) >= 11 is 0. The molecule has 0 aliphatic heterocycles. The van der Waals surface area contributed by atoms with Crippen molar-refractivity contribution in [3.63, 3.8) is 0 Å². The second-order valence-electron chi connectivity index (χ2n) is 5.62. The van der Waals surface area contributed by atoms with Gasteiger partial charge < -0.3 is 5.32 Å². The number of para-hydroxylation sites is 1. The van der Waals surface area contributed by atoms with E-state index in [-0.39, 0.29) is 0 Å². The minimum atomic E-state index is 0.575. The molecule has 0 aliphatic rings. The summed E-state index contributed by atoms with van der Waals surface area (Å²) in [5, 5.41) is 4.85. The van der Waals surface area contributed by atoms with Crippen molar-refractivity contribution >= 4 is 10.9 Å². The summed E-state index contributed by atoms with van der Waals surface area (Å²) < 4.78 is 0. The van der Waals surface area contributed by atoms with E-state index in [1.807, 2.05) is 12.3 Å². The second-order valence-corrected chi connectivity index (χ2v) is 5.62. The highest BCUT2D eigenvalue weighted by atomic mass is 14.9. The van der Waals surface area contributed by atoms with E-state index in [4.69, 9.17) is 0 Å². The normalized spacial score (nSPS) is 12.7. The van der Waals surface area contributed by atoms with Crippen molar-refractivity contribution in [3.8, 4) is 0 Å². The molecule has 20 heavy (non-hydrogen) atoms. The Morgan fingerprint density at radius 1 is 1.10 bits per heavy atom. The van der Waals surface area contributed by atoms with Gasteiger partial charge in [-0.1, -0.05) is 56.9 Å². The predicted molar refractivity (Wildman–Crippen MR) is 86.8 cm³/mol. The number of rotatable bonds is 8. The molecule has 2 nitrogen and oxygen atoms in total. The molecule has 0 spiro atoms. The van der Waals surface area contributed by atoms with Crippen LogP contribution in [0.5, 0.6) is 0 Å². The van der Waals surface area contributed by atoms with Crippen molar-refractivity contribution in [2.45, 2.75) is 58.5 Å². The van der Waals surface area contributed by atoms with E-state index in [1.54, 1.807) is 0 Å². The van der Waals surface area contributed by atoms with Crippen LogP contribution in [0.2, 0.25) is 0 Å². The van der Waals surface area contributed by atoms with Crippen LogP contribution in [0.1, 0.15) is 51.5 Å². The third-order valence-electron chi connectivity index (χ3n) is 3.85. The zero-order chi connectivity index (χ0) is 14.2. The lowest BCUT2D eigenvalue weighted by atomic mass is 10.1. The molecule has 0 saturated carbocycles. The van der Waals surface area contributed by atoms with Crippen LogP contribution in [-0.4, -0.2) is 11.0 Å². The second kappa shape index (κ2) is 8.01. The largest absolute Gasteiger partial charge is 0.310 e. The lowest BCUT2D eigenvalue weighted by Crippen LogP contribution is -2.25. The van der Waals surface area contributed by atoms with Gasteiger partial charge in [0, 0.05) is 24.2 Å². The lowest BCUT2D eigenvalue weighted by molar-refractivity contribution is 0.483. The molecule has 1 N–H and O–H groups in total. The number of hydrogen-bond acceptors (Lipinski definition) is 2. The van der Waals surface area contributed by atoms with E-state index >= 15 is 0 Å². The summed E-state index contributed by atoms with van der Waals surface area (Å²) in [6.45, 7) is 5.45. The fraction of sp³-hybridized carbons (Fsp3) is 0.500. The van der Waals surface area contributed by atoms with Crippen LogP contribution in [0.3, 0.4) is 0 Å². The first-order valence-corrected chi connectivity index (χ1v) is 7.87. The Balaban J connectivity index is 1.86. The van der Waals surface area contributed by atoms with Gasteiger partial charge in [0.1, 0.15) is 0 Å². The number of aromatic nitrogens is 1. The van der Waals surface area contributed by atoms with Crippen LogP contribution in [0.25, 0.3) is 10.9 Å². The molecule has 1 unspecified atom stereocenters. The molecule has 0 saturated heterocycles. The van der Waals surface area contributed by atoms with E-state index in [2.05, 4.69) is 48.4 Å². The predicted octanol–water partition coefficient (Wildman–Crippen LogP) is 4.68. The number of fused-ring (bicyclic) bond motifs is 1. The molecule has 0 bridgehead atoms. The molecular formula is C18H26N2. The molecule has 0 amide bonds. The van der Waals surface area contributed by atoms with Crippen LogP contribution in [0.15, 0.2) is 36.5 Å². The highest BCUT2D eigenvalue weighted by Gasteiger charge is 2.04. The van der Waals surface area contributed by atoms with Crippen LogP contribution in [0.4, 0.5) is 0 Å². The average Bonchev–Trinajstić information content (AvgIpc) is 2.49. The minimum Gasteiger partial charge on any atom is -0.310 e. The van der Waals surface area contributed by atoms with Crippen LogP contribution in [-0.2, 0) is 6.54 Å². The summed E-state index contributed by atoms with van der Waals surface area (Å²) in [7, 11) is 0. The van der Waals surface area contributed by atoms with Crippen molar-refractivity contribution in [1.82, 2.24) is 10.3 Å². The third kappa shape index (κ3) is 4.31. The fourth-order valence-electron chi connectivity index (χ4n) is 2.57. The maximum Gasteiger partial charge on any atom is 0.0746 e. The van der Waals surface area contributed by atoms with Gasteiger partial charge in [-0.3, -0.25) is 4.98 Å². The Morgan fingerprint density at radius 2 is 1.95 bits per heavy atom. The molecule has 108 valence electrons. The number of unbranched alkanes of at least 4 members (excludes halogenated alkanes) is 3. The molecule has 1 heterocycles. The SMILES string of the molecule is CCCCCCC(C)NCc1cccc2cccnc12. The Kier molecular flexibility index (Phi) is 6.00. The van der Waals surface area contributed by atoms with Gasteiger partial charge in [0.15, 0.2) is 0 Å². The number of hydrogen-bond donors (Lipinski definition) is 1. The van der Waals surface area contributed by atoms with Gasteiger partial charge in [0.25, 0.3) is 0 Å². The van der Waals surface area contributed by atoms with Gasteiger partial charge in [-0.25, -0.2) is 0 Å². The molecule has 0 radical (unpaired) electrons. The van der Waals surface area contributed by atoms with Crippen molar-refractivity contribution in [1.29, 1.82) is 0 Å². The van der Waals surface area contributed by atoms with Gasteiger partial charge in [-0.2, -0.15) is 0 Å². The number of benzene rings is 1. The highest BCUT2D eigenvalue weighted by molar-refractivity contribution is 5.81. The van der Waals surface area contributed by atoms with E-state index in [0.29, 0.717) is 6.04 Å². The van der Waals surface area contributed by atoms with E-state index in [9.17, 15) is 0 Å². The zero-order valence-corrected chi connectivity index (χ0v) is 12.7. The van der Waals surface area contributed by atoms with Crippen molar-refractivity contribution < 1.29 is 0 Å². The summed E-state index contributed by atoms with van der Waals surface area (Å²) in [4.78, 5) is 4.51. The quantitative estimate of drug-likeness (QED) is 0.704. The minimum absolute atomic E-state index is 0.575. The monoisotopic (exact) mass is 270 g/mol. The molecule has 1 aromatic heterocycles. The summed E-state index contributed by atoms with van der Waals surface area (Å²) in [6.07, 6.45) is 8.50. The van der Waals surface area contributed by atoms with Crippen LogP contribution < -0.4 is 5.32 Å². The molecule has 2 aromatic rings. The highest BCUT2D eigenvalue weighted by Crippen LogP contribution is 2.16. The maximum atomic E-state index is 4.51. The standard InChI is InChI=1S/C18H26N2/c1-3-4-5-6-9-15(2)20-14-17-11-7-10-16-12-8-13-19-18(16)17/h7-8,10-13,15,20H,3-6,9,14H2,1-2H3. The first-order valence-electron chi connectivity index (χ1n) is 7.87. The van der Waals surface area contributed by atoms with Crippen molar-refractivity contribution in [3.05, 3.63) is 42.1 Å². The number of nitrogens with one attached hydrogen (secondary N) is 1. The third-order valence-corrected chi connectivity index (χ3v) is 3.85. The average molecular weight is 270 g/mol. The van der Waals surface area contributed by atoms with Gasteiger partial charge >= 0.3 is 0 Å². The fourth-order valence-corrected chi connectivity index (χ4v) is 2.57. The Hall–Kier alpha value is -1.41.